The number of fused-ring (bicyclic) bond motifs is 2. The Morgan fingerprint density at radius 1 is 1.27 bits per heavy atom. The molecule has 88 valence electrons. The summed E-state index contributed by atoms with van der Waals surface area (Å²) in [6.45, 7) is 0.692. The third-order valence-corrected chi connectivity index (χ3v) is 4.83. The van der Waals surface area contributed by atoms with Crippen LogP contribution < -0.4 is 0 Å². The minimum absolute atomic E-state index is 0.285. The van der Waals surface area contributed by atoms with E-state index in [0.29, 0.717) is 24.0 Å². The number of halogens is 1. The molecule has 0 spiro atoms. The van der Waals surface area contributed by atoms with E-state index in [9.17, 15) is 8.42 Å². The average molecular weight is 252 g/mol. The lowest BCUT2D eigenvalue weighted by atomic mass is 10.0. The van der Waals surface area contributed by atoms with Crippen molar-refractivity contribution in [1.29, 1.82) is 0 Å². The number of sulfone groups is 1. The molecule has 0 amide bonds. The van der Waals surface area contributed by atoms with Gasteiger partial charge in [-0.2, -0.15) is 0 Å². The fourth-order valence-corrected chi connectivity index (χ4v) is 3.80. The first-order chi connectivity index (χ1) is 6.96. The molecule has 2 bridgehead atoms. The highest BCUT2D eigenvalue weighted by molar-refractivity contribution is 7.90. The number of hydrogen-bond acceptors (Lipinski definition) is 3. The molecule has 2 aliphatic heterocycles. The lowest BCUT2D eigenvalue weighted by Crippen LogP contribution is -2.45. The predicted octanol–water partition coefficient (Wildman–Crippen LogP) is 1.27. The van der Waals surface area contributed by atoms with Gasteiger partial charge in [0.2, 0.25) is 0 Å². The van der Waals surface area contributed by atoms with Gasteiger partial charge in [0.05, 0.1) is 5.75 Å². The molecule has 15 heavy (non-hydrogen) atoms. The van der Waals surface area contributed by atoms with Gasteiger partial charge < -0.3 is 0 Å². The van der Waals surface area contributed by atoms with Crippen LogP contribution in [0.25, 0.3) is 0 Å². The Labute approximate surface area is 96.7 Å². The summed E-state index contributed by atoms with van der Waals surface area (Å²) in [4.78, 5) is 2.36. The van der Waals surface area contributed by atoms with Crippen LogP contribution in [0.3, 0.4) is 0 Å². The number of nitrogens with zero attached hydrogens (tertiary/aromatic N) is 1. The van der Waals surface area contributed by atoms with Crippen LogP contribution in [-0.4, -0.2) is 49.3 Å². The molecule has 2 unspecified atom stereocenters. The Bertz CT molecular complexity index is 316. The average Bonchev–Trinajstić information content (AvgIpc) is 2.33. The minimum atomic E-state index is -2.83. The van der Waals surface area contributed by atoms with Crippen molar-refractivity contribution < 1.29 is 8.42 Å². The van der Waals surface area contributed by atoms with Crippen LogP contribution in [0.15, 0.2) is 0 Å². The Morgan fingerprint density at radius 3 is 2.27 bits per heavy atom. The molecule has 0 aliphatic carbocycles. The van der Waals surface area contributed by atoms with Crippen molar-refractivity contribution in [3.63, 3.8) is 0 Å². The molecule has 2 heterocycles. The monoisotopic (exact) mass is 251 g/mol. The summed E-state index contributed by atoms with van der Waals surface area (Å²) < 4.78 is 22.2. The second-order valence-corrected chi connectivity index (χ2v) is 7.70. The number of alkyl halides is 1. The first-order valence-electron chi connectivity index (χ1n) is 5.53. The Kier molecular flexibility index (Phi) is 3.29. The van der Waals surface area contributed by atoms with Crippen molar-refractivity contribution in [3.8, 4) is 0 Å². The summed E-state index contributed by atoms with van der Waals surface area (Å²) in [5.41, 5.74) is 0. The molecule has 0 radical (unpaired) electrons. The van der Waals surface area contributed by atoms with Gasteiger partial charge in [-0.25, -0.2) is 8.42 Å². The van der Waals surface area contributed by atoms with Crippen LogP contribution >= 0.6 is 11.6 Å². The zero-order chi connectivity index (χ0) is 11.1. The van der Waals surface area contributed by atoms with E-state index in [1.165, 1.54) is 19.1 Å². The van der Waals surface area contributed by atoms with Crippen molar-refractivity contribution in [2.24, 2.45) is 0 Å². The topological polar surface area (TPSA) is 37.4 Å². The molecule has 3 nitrogen and oxygen atoms in total. The minimum Gasteiger partial charge on any atom is -0.296 e. The Hall–Kier alpha value is 0.200. The lowest BCUT2D eigenvalue weighted by Gasteiger charge is -2.36. The van der Waals surface area contributed by atoms with E-state index >= 15 is 0 Å². The lowest BCUT2D eigenvalue weighted by molar-refractivity contribution is 0.152. The molecule has 0 aromatic heterocycles. The van der Waals surface area contributed by atoms with E-state index < -0.39 is 9.84 Å². The highest BCUT2D eigenvalue weighted by Crippen LogP contribution is 2.37. The molecule has 0 aromatic carbocycles. The molecule has 2 atom stereocenters. The van der Waals surface area contributed by atoms with Crippen LogP contribution in [0, 0.1) is 0 Å². The zero-order valence-electron chi connectivity index (χ0n) is 9.02. The molecule has 2 fully saturated rings. The van der Waals surface area contributed by atoms with Crippen molar-refractivity contribution in [2.45, 2.75) is 43.1 Å². The standard InChI is InChI=1S/C10H18ClNO2S/c1-15(13,14)5-4-12-9-2-3-10(12)7-8(11)6-9/h8-10H,2-7H2,1H3. The fourth-order valence-electron chi connectivity index (χ4n) is 2.84. The van der Waals surface area contributed by atoms with E-state index in [0.717, 1.165) is 12.8 Å². The summed E-state index contributed by atoms with van der Waals surface area (Å²) >= 11 is 6.16. The van der Waals surface area contributed by atoms with Crippen molar-refractivity contribution in [2.75, 3.05) is 18.6 Å². The maximum Gasteiger partial charge on any atom is 0.148 e. The molecular weight excluding hydrogens is 234 g/mol. The van der Waals surface area contributed by atoms with Gasteiger partial charge in [0.25, 0.3) is 0 Å². The van der Waals surface area contributed by atoms with Gasteiger partial charge in [0.15, 0.2) is 0 Å². The molecule has 5 heteroatoms. The van der Waals surface area contributed by atoms with Gasteiger partial charge in [-0.05, 0) is 25.7 Å². The summed E-state index contributed by atoms with van der Waals surface area (Å²) in [7, 11) is -2.83. The molecule has 0 N–H and O–H groups in total. The van der Waals surface area contributed by atoms with Crippen LogP contribution in [-0.2, 0) is 9.84 Å². The van der Waals surface area contributed by atoms with Crippen LogP contribution in [0.4, 0.5) is 0 Å². The smallest absolute Gasteiger partial charge is 0.148 e. The fraction of sp³-hybridized carbons (Fsp3) is 1.00. The van der Waals surface area contributed by atoms with Crippen LogP contribution in [0.1, 0.15) is 25.7 Å². The van der Waals surface area contributed by atoms with E-state index in [1.54, 1.807) is 0 Å². The quantitative estimate of drug-likeness (QED) is 0.709. The van der Waals surface area contributed by atoms with Crippen LogP contribution in [0.2, 0.25) is 0 Å². The van der Waals surface area contributed by atoms with Crippen molar-refractivity contribution in [1.82, 2.24) is 4.90 Å². The third-order valence-electron chi connectivity index (χ3n) is 3.55. The van der Waals surface area contributed by atoms with Gasteiger partial charge in [-0.15, -0.1) is 11.6 Å². The summed E-state index contributed by atoms with van der Waals surface area (Å²) in [6.07, 6.45) is 5.75. The van der Waals surface area contributed by atoms with Gasteiger partial charge in [-0.1, -0.05) is 0 Å². The molecule has 0 aromatic rings. The molecule has 2 saturated heterocycles. The normalized spacial score (nSPS) is 37.1. The van der Waals surface area contributed by atoms with E-state index in [-0.39, 0.29) is 5.75 Å². The van der Waals surface area contributed by atoms with Gasteiger partial charge in [-0.3, -0.25) is 4.90 Å². The first kappa shape index (κ1) is 11.7. The molecular formula is C10H18ClNO2S. The van der Waals surface area contributed by atoms with Crippen molar-refractivity contribution in [3.05, 3.63) is 0 Å². The van der Waals surface area contributed by atoms with Crippen molar-refractivity contribution >= 4 is 21.4 Å². The van der Waals surface area contributed by atoms with Gasteiger partial charge >= 0.3 is 0 Å². The highest BCUT2D eigenvalue weighted by Gasteiger charge is 2.39. The Balaban J connectivity index is 1.94. The summed E-state index contributed by atoms with van der Waals surface area (Å²) in [5, 5.41) is 0.303. The highest BCUT2D eigenvalue weighted by atomic mass is 35.5. The molecule has 0 saturated carbocycles. The second kappa shape index (κ2) is 4.22. The number of rotatable bonds is 3. The van der Waals surface area contributed by atoms with Crippen LogP contribution in [0.5, 0.6) is 0 Å². The largest absolute Gasteiger partial charge is 0.296 e. The summed E-state index contributed by atoms with van der Waals surface area (Å²) in [6, 6.07) is 1.07. The zero-order valence-corrected chi connectivity index (χ0v) is 10.6. The predicted molar refractivity (Wildman–Crippen MR) is 62.1 cm³/mol. The molecule has 2 aliphatic rings. The van der Waals surface area contributed by atoms with Gasteiger partial charge in [0, 0.05) is 30.3 Å². The first-order valence-corrected chi connectivity index (χ1v) is 8.03. The number of piperidine rings is 1. The number of hydrogen-bond donors (Lipinski definition) is 0. The Morgan fingerprint density at radius 2 is 1.80 bits per heavy atom. The van der Waals surface area contributed by atoms with Gasteiger partial charge in [0.1, 0.15) is 9.84 Å². The van der Waals surface area contributed by atoms with E-state index in [4.69, 9.17) is 11.6 Å². The third kappa shape index (κ3) is 2.86. The van der Waals surface area contributed by atoms with E-state index in [2.05, 4.69) is 4.90 Å². The SMILES string of the molecule is CS(=O)(=O)CCN1C2CCC1CC(Cl)C2. The summed E-state index contributed by atoms with van der Waals surface area (Å²) in [5.74, 6) is 0.285. The maximum absolute atomic E-state index is 11.1. The van der Waals surface area contributed by atoms with E-state index in [1.807, 2.05) is 0 Å². The molecule has 2 rings (SSSR count). The maximum atomic E-state index is 11.1. The second-order valence-electron chi connectivity index (χ2n) is 4.82.